The van der Waals surface area contributed by atoms with Gasteiger partial charge in [-0.25, -0.2) is 0 Å². The molecule has 1 amide bonds. The smallest absolute Gasteiger partial charge is 0.309 e. The van der Waals surface area contributed by atoms with E-state index in [2.05, 4.69) is 10.2 Å². The maximum absolute atomic E-state index is 11.6. The van der Waals surface area contributed by atoms with E-state index in [0.717, 1.165) is 19.3 Å². The number of nitrogens with one attached hydrogen (secondary N) is 1. The molecule has 19 heavy (non-hydrogen) atoms. The molecule has 2 N–H and O–H groups in total. The topological polar surface area (TPSA) is 69.6 Å². The number of aliphatic carboxylic acids is 1. The first-order valence-corrected chi connectivity index (χ1v) is 7.26. The fourth-order valence-corrected chi connectivity index (χ4v) is 2.71. The number of amides is 1. The van der Waals surface area contributed by atoms with E-state index < -0.39 is 11.4 Å². The van der Waals surface area contributed by atoms with Crippen LogP contribution in [0.2, 0.25) is 0 Å². The third kappa shape index (κ3) is 4.49. The molecular weight excluding hydrogens is 244 g/mol. The molecule has 1 aliphatic heterocycles. The zero-order valence-corrected chi connectivity index (χ0v) is 12.1. The predicted octanol–water partition coefficient (Wildman–Crippen LogP) is 1.48. The van der Waals surface area contributed by atoms with Crippen molar-refractivity contribution in [2.75, 3.05) is 26.2 Å². The lowest BCUT2D eigenvalue weighted by Crippen LogP contribution is -2.47. The number of carboxylic acid groups (broad SMARTS) is 1. The number of likely N-dealkylation sites (tertiary alicyclic amines) is 1. The van der Waals surface area contributed by atoms with Crippen molar-refractivity contribution in [1.29, 1.82) is 0 Å². The fourth-order valence-electron chi connectivity index (χ4n) is 2.71. The highest BCUT2D eigenvalue weighted by atomic mass is 16.4. The van der Waals surface area contributed by atoms with Gasteiger partial charge in [0.15, 0.2) is 0 Å². The van der Waals surface area contributed by atoms with Crippen LogP contribution in [0.4, 0.5) is 0 Å². The Morgan fingerprint density at radius 2 is 1.84 bits per heavy atom. The van der Waals surface area contributed by atoms with Crippen LogP contribution in [-0.4, -0.2) is 48.1 Å². The van der Waals surface area contributed by atoms with Crippen LogP contribution in [0.1, 0.15) is 46.0 Å². The van der Waals surface area contributed by atoms with Crippen LogP contribution in [-0.2, 0) is 9.59 Å². The second kappa shape index (κ2) is 7.48. The second-order valence-electron chi connectivity index (χ2n) is 5.46. The van der Waals surface area contributed by atoms with E-state index in [0.29, 0.717) is 39.0 Å². The molecule has 0 aromatic rings. The van der Waals surface area contributed by atoms with Crippen molar-refractivity contribution in [3.8, 4) is 0 Å². The van der Waals surface area contributed by atoms with Crippen LogP contribution in [0, 0.1) is 5.41 Å². The number of piperidine rings is 1. The number of carboxylic acids is 1. The summed E-state index contributed by atoms with van der Waals surface area (Å²) in [5.74, 6) is -0.635. The Hall–Kier alpha value is -1.10. The summed E-state index contributed by atoms with van der Waals surface area (Å²) in [7, 11) is 0. The lowest BCUT2D eigenvalue weighted by molar-refractivity contribution is -0.152. The molecule has 1 fully saturated rings. The van der Waals surface area contributed by atoms with Crippen LogP contribution in [0.25, 0.3) is 0 Å². The van der Waals surface area contributed by atoms with Gasteiger partial charge in [0.25, 0.3) is 0 Å². The minimum Gasteiger partial charge on any atom is -0.481 e. The van der Waals surface area contributed by atoms with Crippen LogP contribution in [0.15, 0.2) is 0 Å². The van der Waals surface area contributed by atoms with Crippen molar-refractivity contribution >= 4 is 11.9 Å². The number of nitrogens with zero attached hydrogens (tertiary/aromatic N) is 1. The summed E-state index contributed by atoms with van der Waals surface area (Å²) in [6.07, 6.45) is 3.86. The minimum atomic E-state index is -0.676. The molecule has 5 heteroatoms. The van der Waals surface area contributed by atoms with Gasteiger partial charge in [-0.3, -0.25) is 14.5 Å². The van der Waals surface area contributed by atoms with Gasteiger partial charge in [-0.2, -0.15) is 0 Å². The quantitative estimate of drug-likeness (QED) is 0.735. The van der Waals surface area contributed by atoms with E-state index in [9.17, 15) is 14.7 Å². The Balaban J connectivity index is 2.43. The van der Waals surface area contributed by atoms with Crippen LogP contribution < -0.4 is 5.32 Å². The normalized spacial score (nSPS) is 19.1. The fraction of sp³-hybridized carbons (Fsp3) is 0.857. The Morgan fingerprint density at radius 1 is 1.21 bits per heavy atom. The van der Waals surface area contributed by atoms with Gasteiger partial charge < -0.3 is 10.4 Å². The van der Waals surface area contributed by atoms with Crippen molar-refractivity contribution < 1.29 is 14.7 Å². The first-order valence-electron chi connectivity index (χ1n) is 7.26. The van der Waals surface area contributed by atoms with E-state index in [-0.39, 0.29) is 5.91 Å². The molecule has 0 spiro atoms. The maximum atomic E-state index is 11.6. The first-order chi connectivity index (χ1) is 9.04. The number of rotatable bonds is 7. The summed E-state index contributed by atoms with van der Waals surface area (Å²) in [4.78, 5) is 25.1. The summed E-state index contributed by atoms with van der Waals surface area (Å²) < 4.78 is 0. The number of carbonyl (C=O) groups is 2. The molecule has 1 saturated heterocycles. The van der Waals surface area contributed by atoms with E-state index >= 15 is 0 Å². The first kappa shape index (κ1) is 16.0. The third-order valence-electron chi connectivity index (χ3n) is 3.93. The minimum absolute atomic E-state index is 0.0418. The van der Waals surface area contributed by atoms with Gasteiger partial charge in [-0.1, -0.05) is 20.3 Å². The Labute approximate surface area is 115 Å². The second-order valence-corrected chi connectivity index (χ2v) is 5.46. The van der Waals surface area contributed by atoms with Gasteiger partial charge in [-0.05, 0) is 38.8 Å². The molecule has 0 aromatic carbocycles. The maximum Gasteiger partial charge on any atom is 0.309 e. The number of carbonyl (C=O) groups excluding carboxylic acids is 1. The lowest BCUT2D eigenvalue weighted by Gasteiger charge is -2.38. The third-order valence-corrected chi connectivity index (χ3v) is 3.93. The molecule has 0 bridgehead atoms. The van der Waals surface area contributed by atoms with Crippen molar-refractivity contribution in [1.82, 2.24) is 10.2 Å². The Kier molecular flexibility index (Phi) is 6.28. The molecule has 0 saturated carbocycles. The molecule has 0 radical (unpaired) electrons. The van der Waals surface area contributed by atoms with Gasteiger partial charge in [-0.15, -0.1) is 0 Å². The van der Waals surface area contributed by atoms with Crippen LogP contribution >= 0.6 is 0 Å². The molecule has 0 aromatic heterocycles. The highest BCUT2D eigenvalue weighted by molar-refractivity contribution is 5.78. The summed E-state index contributed by atoms with van der Waals surface area (Å²) in [6.45, 7) is 6.55. The van der Waals surface area contributed by atoms with Crippen molar-refractivity contribution in [3.63, 3.8) is 0 Å². The van der Waals surface area contributed by atoms with E-state index in [4.69, 9.17) is 0 Å². The highest BCUT2D eigenvalue weighted by Gasteiger charge is 2.40. The largest absolute Gasteiger partial charge is 0.481 e. The van der Waals surface area contributed by atoms with Gasteiger partial charge in [0.1, 0.15) is 0 Å². The molecular formula is C14H26N2O3. The van der Waals surface area contributed by atoms with Crippen molar-refractivity contribution in [3.05, 3.63) is 0 Å². The number of hydrogen-bond donors (Lipinski definition) is 2. The van der Waals surface area contributed by atoms with Crippen LogP contribution in [0.5, 0.6) is 0 Å². The molecule has 1 aliphatic rings. The lowest BCUT2D eigenvalue weighted by atomic mass is 9.75. The summed E-state index contributed by atoms with van der Waals surface area (Å²) in [5, 5.41) is 12.3. The van der Waals surface area contributed by atoms with Crippen molar-refractivity contribution in [2.45, 2.75) is 46.0 Å². The monoisotopic (exact) mass is 270 g/mol. The molecule has 110 valence electrons. The zero-order valence-electron chi connectivity index (χ0n) is 12.1. The molecule has 0 unspecified atom stereocenters. The predicted molar refractivity (Wildman–Crippen MR) is 74.0 cm³/mol. The molecule has 1 rings (SSSR count). The molecule has 1 heterocycles. The van der Waals surface area contributed by atoms with Crippen molar-refractivity contribution in [2.24, 2.45) is 5.41 Å². The Bertz CT molecular complexity index is 310. The summed E-state index contributed by atoms with van der Waals surface area (Å²) in [5.41, 5.74) is -0.564. The van der Waals surface area contributed by atoms with E-state index in [1.807, 2.05) is 13.8 Å². The average molecular weight is 270 g/mol. The van der Waals surface area contributed by atoms with Gasteiger partial charge in [0.05, 0.1) is 12.0 Å². The average Bonchev–Trinajstić information content (AvgIpc) is 2.39. The highest BCUT2D eigenvalue weighted by Crippen LogP contribution is 2.36. The summed E-state index contributed by atoms with van der Waals surface area (Å²) >= 11 is 0. The molecule has 0 aliphatic carbocycles. The van der Waals surface area contributed by atoms with Gasteiger partial charge >= 0.3 is 5.97 Å². The standard InChI is InChI=1S/C14H26N2O3/c1-3-5-14(13(18)19)6-9-16(10-7-14)11-12(17)15-8-4-2/h3-11H2,1-2H3,(H,15,17)(H,18,19). The van der Waals surface area contributed by atoms with Gasteiger partial charge in [0.2, 0.25) is 5.91 Å². The Morgan fingerprint density at radius 3 is 2.32 bits per heavy atom. The zero-order chi connectivity index (χ0) is 14.3. The number of hydrogen-bond acceptors (Lipinski definition) is 3. The van der Waals surface area contributed by atoms with E-state index in [1.165, 1.54) is 0 Å². The van der Waals surface area contributed by atoms with Crippen LogP contribution in [0.3, 0.4) is 0 Å². The molecule has 5 nitrogen and oxygen atoms in total. The summed E-state index contributed by atoms with van der Waals surface area (Å²) in [6, 6.07) is 0. The molecule has 0 atom stereocenters. The van der Waals surface area contributed by atoms with Gasteiger partial charge in [0, 0.05) is 6.54 Å². The SMILES string of the molecule is CCCNC(=O)CN1CCC(CCC)(C(=O)O)CC1. The van der Waals surface area contributed by atoms with E-state index in [1.54, 1.807) is 0 Å².